The molecule has 2 atom stereocenters. The fraction of sp³-hybridized carbons (Fsp3) is 0.600. The largest absolute Gasteiger partial charge is 0.481 e. The van der Waals surface area contributed by atoms with Crippen molar-refractivity contribution in [1.29, 1.82) is 0 Å². The summed E-state index contributed by atoms with van der Waals surface area (Å²) in [6.07, 6.45) is 5.65. The van der Waals surface area contributed by atoms with Gasteiger partial charge in [-0.1, -0.05) is 25.0 Å². The van der Waals surface area contributed by atoms with Crippen molar-refractivity contribution in [3.8, 4) is 0 Å². The van der Waals surface area contributed by atoms with Gasteiger partial charge < -0.3 is 10.0 Å². The highest BCUT2D eigenvalue weighted by Gasteiger charge is 2.51. The maximum absolute atomic E-state index is 13.5. The first-order valence-corrected chi connectivity index (χ1v) is 9.29. The molecule has 5 heteroatoms. The number of hydrogen-bond donors (Lipinski definition) is 1. The highest BCUT2D eigenvalue weighted by atomic mass is 19.1. The number of carbonyl (C=O) groups excluding carboxylic acids is 1. The van der Waals surface area contributed by atoms with Crippen LogP contribution >= 0.6 is 0 Å². The van der Waals surface area contributed by atoms with Gasteiger partial charge in [0.25, 0.3) is 0 Å². The van der Waals surface area contributed by atoms with Gasteiger partial charge in [0.05, 0.1) is 11.3 Å². The first-order valence-electron chi connectivity index (χ1n) is 9.29. The molecule has 1 amide bonds. The quantitative estimate of drug-likeness (QED) is 0.912. The fourth-order valence-electron chi connectivity index (χ4n) is 4.93. The summed E-state index contributed by atoms with van der Waals surface area (Å²) in [6.45, 7) is 0.877. The Morgan fingerprint density at radius 3 is 2.28 bits per heavy atom. The molecule has 2 saturated carbocycles. The number of carboxylic acids is 1. The second-order valence-corrected chi connectivity index (χ2v) is 7.95. The zero-order chi connectivity index (χ0) is 17.6. The van der Waals surface area contributed by atoms with Crippen LogP contribution in [-0.4, -0.2) is 35.0 Å². The van der Waals surface area contributed by atoms with E-state index in [9.17, 15) is 19.1 Å². The number of halogens is 1. The molecule has 25 heavy (non-hydrogen) atoms. The molecule has 0 spiro atoms. The molecular formula is C20H24FNO3. The van der Waals surface area contributed by atoms with E-state index in [1.165, 1.54) is 12.1 Å². The molecule has 3 fully saturated rings. The van der Waals surface area contributed by atoms with Gasteiger partial charge in [-0.15, -0.1) is 0 Å². The number of aliphatic carboxylic acids is 1. The lowest BCUT2D eigenvalue weighted by atomic mass is 9.77. The Bertz CT molecular complexity index is 677. The van der Waals surface area contributed by atoms with E-state index >= 15 is 0 Å². The molecule has 1 heterocycles. The number of carbonyl (C=O) groups is 2. The minimum atomic E-state index is -0.783. The van der Waals surface area contributed by atoms with Crippen LogP contribution in [0.4, 0.5) is 4.39 Å². The van der Waals surface area contributed by atoms with Crippen molar-refractivity contribution in [3.05, 3.63) is 35.6 Å². The molecule has 0 aromatic heterocycles. The molecule has 3 aliphatic rings. The van der Waals surface area contributed by atoms with Crippen LogP contribution in [0.2, 0.25) is 0 Å². The van der Waals surface area contributed by atoms with E-state index in [4.69, 9.17) is 0 Å². The molecular weight excluding hydrogens is 321 g/mol. The summed E-state index contributed by atoms with van der Waals surface area (Å²) < 4.78 is 13.3. The maximum Gasteiger partial charge on any atom is 0.308 e. The lowest BCUT2D eigenvalue weighted by Crippen LogP contribution is -2.45. The summed E-state index contributed by atoms with van der Waals surface area (Å²) in [5, 5.41) is 9.56. The normalized spacial score (nSPS) is 28.3. The molecule has 134 valence electrons. The number of benzene rings is 1. The molecule has 2 aliphatic carbocycles. The van der Waals surface area contributed by atoms with Crippen molar-refractivity contribution in [2.75, 3.05) is 13.1 Å². The maximum atomic E-state index is 13.5. The van der Waals surface area contributed by atoms with Gasteiger partial charge in [-0.05, 0) is 55.2 Å². The number of carboxylic acid groups (broad SMARTS) is 1. The SMILES string of the molecule is O=C(O)[C@H]1CN(C(=O)C2(c3ccc(F)cc3)CCCC2)C[C@@H]1C1CC1. The average Bonchev–Trinajstić information content (AvgIpc) is 3.15. The summed E-state index contributed by atoms with van der Waals surface area (Å²) in [5.41, 5.74) is 0.271. The number of amides is 1. The highest BCUT2D eigenvalue weighted by Crippen LogP contribution is 2.47. The van der Waals surface area contributed by atoms with Gasteiger partial charge in [-0.25, -0.2) is 4.39 Å². The minimum Gasteiger partial charge on any atom is -0.481 e. The molecule has 0 radical (unpaired) electrons. The van der Waals surface area contributed by atoms with Crippen molar-refractivity contribution >= 4 is 11.9 Å². The summed E-state index contributed by atoms with van der Waals surface area (Å²) in [7, 11) is 0. The zero-order valence-electron chi connectivity index (χ0n) is 14.3. The second-order valence-electron chi connectivity index (χ2n) is 7.95. The van der Waals surface area contributed by atoms with Crippen LogP contribution in [0, 0.1) is 23.6 Å². The zero-order valence-corrected chi connectivity index (χ0v) is 14.3. The smallest absolute Gasteiger partial charge is 0.308 e. The third kappa shape index (κ3) is 2.83. The average molecular weight is 345 g/mol. The molecule has 1 N–H and O–H groups in total. The topological polar surface area (TPSA) is 57.6 Å². The first kappa shape index (κ1) is 16.6. The number of rotatable bonds is 4. The first-order chi connectivity index (χ1) is 12.0. The van der Waals surface area contributed by atoms with Gasteiger partial charge in [0.1, 0.15) is 5.82 Å². The van der Waals surface area contributed by atoms with Crippen LogP contribution in [-0.2, 0) is 15.0 Å². The van der Waals surface area contributed by atoms with Crippen LogP contribution in [0.25, 0.3) is 0 Å². The molecule has 1 saturated heterocycles. The van der Waals surface area contributed by atoms with E-state index in [0.29, 0.717) is 19.0 Å². The Kier molecular flexibility index (Phi) is 4.05. The number of nitrogens with zero attached hydrogens (tertiary/aromatic N) is 1. The Morgan fingerprint density at radius 2 is 1.72 bits per heavy atom. The lowest BCUT2D eigenvalue weighted by Gasteiger charge is -2.33. The van der Waals surface area contributed by atoms with Crippen LogP contribution in [0.15, 0.2) is 24.3 Å². The van der Waals surface area contributed by atoms with Gasteiger partial charge in [0.2, 0.25) is 5.91 Å². The predicted molar refractivity (Wildman–Crippen MR) is 90.5 cm³/mol. The molecule has 4 nitrogen and oxygen atoms in total. The van der Waals surface area contributed by atoms with E-state index in [0.717, 1.165) is 44.1 Å². The van der Waals surface area contributed by atoms with E-state index in [1.54, 1.807) is 17.0 Å². The van der Waals surface area contributed by atoms with Crippen molar-refractivity contribution < 1.29 is 19.1 Å². The van der Waals surface area contributed by atoms with E-state index in [1.807, 2.05) is 0 Å². The summed E-state index contributed by atoms with van der Waals surface area (Å²) in [4.78, 5) is 26.9. The van der Waals surface area contributed by atoms with Crippen LogP contribution in [0.1, 0.15) is 44.1 Å². The van der Waals surface area contributed by atoms with E-state index < -0.39 is 17.3 Å². The van der Waals surface area contributed by atoms with Crippen LogP contribution in [0.5, 0.6) is 0 Å². The Balaban J connectivity index is 1.61. The Hall–Kier alpha value is -1.91. The van der Waals surface area contributed by atoms with Crippen molar-refractivity contribution in [2.24, 2.45) is 17.8 Å². The summed E-state index contributed by atoms with van der Waals surface area (Å²) in [5.74, 6) is -0.925. The third-order valence-corrected chi connectivity index (χ3v) is 6.46. The molecule has 1 aromatic carbocycles. The number of hydrogen-bond acceptors (Lipinski definition) is 2. The second kappa shape index (κ2) is 6.11. The molecule has 4 rings (SSSR count). The third-order valence-electron chi connectivity index (χ3n) is 6.46. The van der Waals surface area contributed by atoms with Crippen molar-refractivity contribution in [2.45, 2.75) is 43.9 Å². The van der Waals surface area contributed by atoms with Gasteiger partial charge in [-0.3, -0.25) is 9.59 Å². The Labute approximate surface area is 147 Å². The van der Waals surface area contributed by atoms with Gasteiger partial charge in [-0.2, -0.15) is 0 Å². The molecule has 1 aliphatic heterocycles. The van der Waals surface area contributed by atoms with Crippen LogP contribution < -0.4 is 0 Å². The molecule has 1 aromatic rings. The van der Waals surface area contributed by atoms with Gasteiger partial charge >= 0.3 is 5.97 Å². The molecule has 0 unspecified atom stereocenters. The van der Waals surface area contributed by atoms with Crippen LogP contribution in [0.3, 0.4) is 0 Å². The lowest BCUT2D eigenvalue weighted by molar-refractivity contribution is -0.143. The van der Waals surface area contributed by atoms with Crippen molar-refractivity contribution in [1.82, 2.24) is 4.90 Å². The van der Waals surface area contributed by atoms with Crippen molar-refractivity contribution in [3.63, 3.8) is 0 Å². The number of likely N-dealkylation sites (tertiary alicyclic amines) is 1. The van der Waals surface area contributed by atoms with E-state index in [2.05, 4.69) is 0 Å². The summed E-state index contributed by atoms with van der Waals surface area (Å²) >= 11 is 0. The molecule has 0 bridgehead atoms. The predicted octanol–water partition coefficient (Wildman–Crippen LogP) is 3.21. The van der Waals surface area contributed by atoms with Gasteiger partial charge in [0.15, 0.2) is 0 Å². The van der Waals surface area contributed by atoms with Gasteiger partial charge in [0, 0.05) is 13.1 Å². The highest BCUT2D eigenvalue weighted by molar-refractivity contribution is 5.89. The van der Waals surface area contributed by atoms with E-state index in [-0.39, 0.29) is 17.6 Å². The monoisotopic (exact) mass is 345 g/mol. The fourth-order valence-corrected chi connectivity index (χ4v) is 4.93. The Morgan fingerprint density at radius 1 is 1.08 bits per heavy atom. The standard InChI is InChI=1S/C20H24FNO3/c21-15-7-5-14(6-8-15)20(9-1-2-10-20)19(25)22-11-16(13-3-4-13)17(12-22)18(23)24/h5-8,13,16-17H,1-4,9-12H2,(H,23,24)/t16-,17+/m1/s1. The summed E-state index contributed by atoms with van der Waals surface area (Å²) in [6, 6.07) is 6.28. The minimum absolute atomic E-state index is 0.0472.